The maximum absolute atomic E-state index is 12.2. The zero-order chi connectivity index (χ0) is 22.4. The summed E-state index contributed by atoms with van der Waals surface area (Å²) in [7, 11) is 0. The normalized spacial score (nSPS) is 24.1. The number of rotatable bonds is 16. The highest BCUT2D eigenvalue weighted by atomic mass is 16.5. The van der Waals surface area contributed by atoms with E-state index in [4.69, 9.17) is 4.74 Å². The van der Waals surface area contributed by atoms with Crippen molar-refractivity contribution in [2.45, 2.75) is 123 Å². The number of allylic oxidation sites excluding steroid dienone is 2. The Labute approximate surface area is 183 Å². The fraction of sp³-hybridized carbons (Fsp3) is 0.840. The van der Waals surface area contributed by atoms with Crippen LogP contribution in [-0.4, -0.2) is 40.3 Å². The predicted octanol–water partition coefficient (Wildman–Crippen LogP) is 5.12. The maximum atomic E-state index is 12.2. The summed E-state index contributed by atoms with van der Waals surface area (Å²) in [5.74, 6) is 0.0970. The van der Waals surface area contributed by atoms with Gasteiger partial charge in [-0.1, -0.05) is 44.8 Å². The number of hydrogen-bond acceptors (Lipinski definition) is 5. The van der Waals surface area contributed by atoms with Crippen LogP contribution in [0.3, 0.4) is 0 Å². The molecule has 0 spiro atoms. The van der Waals surface area contributed by atoms with Crippen molar-refractivity contribution in [3.63, 3.8) is 0 Å². The summed E-state index contributed by atoms with van der Waals surface area (Å²) in [6, 6.07) is 0. The lowest BCUT2D eigenvalue weighted by atomic mass is 9.86. The van der Waals surface area contributed by atoms with Gasteiger partial charge in [0.05, 0.1) is 18.3 Å². The van der Waals surface area contributed by atoms with Crippen LogP contribution < -0.4 is 0 Å². The molecule has 1 aliphatic carbocycles. The monoisotopic (exact) mass is 424 g/mol. The highest BCUT2D eigenvalue weighted by Crippen LogP contribution is 2.38. The molecule has 0 aromatic heterocycles. The Morgan fingerprint density at radius 3 is 2.33 bits per heavy atom. The Balaban J connectivity index is 2.30. The van der Waals surface area contributed by atoms with Gasteiger partial charge >= 0.3 is 5.97 Å². The van der Waals surface area contributed by atoms with E-state index in [-0.39, 0.29) is 29.7 Å². The minimum Gasteiger partial charge on any atom is -0.463 e. The topological polar surface area (TPSA) is 83.8 Å². The van der Waals surface area contributed by atoms with Crippen molar-refractivity contribution >= 4 is 11.8 Å². The van der Waals surface area contributed by atoms with Crippen molar-refractivity contribution in [3.8, 4) is 0 Å². The summed E-state index contributed by atoms with van der Waals surface area (Å²) in [6.07, 6.45) is 13.5. The van der Waals surface area contributed by atoms with Crippen LogP contribution in [-0.2, 0) is 14.3 Å². The molecular weight excluding hydrogens is 380 g/mol. The van der Waals surface area contributed by atoms with Gasteiger partial charge in [0.25, 0.3) is 0 Å². The zero-order valence-corrected chi connectivity index (χ0v) is 19.4. The third kappa shape index (κ3) is 11.3. The Kier molecular flexibility index (Phi) is 13.9. The first-order valence-corrected chi connectivity index (χ1v) is 12.1. The highest BCUT2D eigenvalue weighted by molar-refractivity contribution is 5.78. The van der Waals surface area contributed by atoms with Crippen LogP contribution >= 0.6 is 0 Å². The lowest BCUT2D eigenvalue weighted by Crippen LogP contribution is -2.22. The molecule has 0 bridgehead atoms. The van der Waals surface area contributed by atoms with Crippen molar-refractivity contribution in [3.05, 3.63) is 12.2 Å². The molecule has 0 amide bonds. The van der Waals surface area contributed by atoms with E-state index in [0.29, 0.717) is 38.5 Å². The summed E-state index contributed by atoms with van der Waals surface area (Å²) in [4.78, 5) is 23.7. The van der Waals surface area contributed by atoms with E-state index in [9.17, 15) is 19.8 Å². The highest BCUT2D eigenvalue weighted by Gasteiger charge is 2.40. The second kappa shape index (κ2) is 15.6. The summed E-state index contributed by atoms with van der Waals surface area (Å²) in [5, 5.41) is 20.7. The Morgan fingerprint density at radius 2 is 1.63 bits per heavy atom. The molecule has 1 rings (SSSR count). The second-order valence-electron chi connectivity index (χ2n) is 9.08. The third-order valence-corrected chi connectivity index (χ3v) is 6.03. The van der Waals surface area contributed by atoms with E-state index in [1.165, 1.54) is 19.3 Å². The van der Waals surface area contributed by atoms with Crippen LogP contribution in [0, 0.1) is 11.8 Å². The minimum atomic E-state index is -0.526. The fourth-order valence-electron chi connectivity index (χ4n) is 4.34. The average Bonchev–Trinajstić information content (AvgIpc) is 2.94. The quantitative estimate of drug-likeness (QED) is 0.204. The summed E-state index contributed by atoms with van der Waals surface area (Å²) < 4.78 is 5.11. The fourth-order valence-corrected chi connectivity index (χ4v) is 4.34. The Bertz CT molecular complexity index is 514. The smallest absolute Gasteiger partial charge is 0.306 e. The number of aliphatic hydroxyl groups excluding tert-OH is 2. The molecule has 5 nitrogen and oxygen atoms in total. The maximum Gasteiger partial charge on any atom is 0.306 e. The van der Waals surface area contributed by atoms with Gasteiger partial charge in [-0.05, 0) is 64.2 Å². The number of carbonyl (C=O) groups is 2. The molecule has 2 N–H and O–H groups in total. The number of esters is 1. The molecule has 5 heteroatoms. The molecule has 0 saturated heterocycles. The third-order valence-electron chi connectivity index (χ3n) is 6.03. The first kappa shape index (κ1) is 26.8. The zero-order valence-electron chi connectivity index (χ0n) is 19.4. The van der Waals surface area contributed by atoms with Gasteiger partial charge in [0.1, 0.15) is 5.78 Å². The number of aliphatic hydroxyl groups is 2. The first-order valence-electron chi connectivity index (χ1n) is 12.1. The number of hydrogen-bond donors (Lipinski definition) is 2. The average molecular weight is 425 g/mol. The van der Waals surface area contributed by atoms with Crippen LogP contribution in [0.1, 0.15) is 104 Å². The predicted molar refractivity (Wildman–Crippen MR) is 120 cm³/mol. The van der Waals surface area contributed by atoms with Gasteiger partial charge in [-0.3, -0.25) is 9.59 Å². The summed E-state index contributed by atoms with van der Waals surface area (Å²) in [6.45, 7) is 5.87. The van der Waals surface area contributed by atoms with Crippen LogP contribution in [0.25, 0.3) is 0 Å². The van der Waals surface area contributed by atoms with Gasteiger partial charge in [0.15, 0.2) is 0 Å². The van der Waals surface area contributed by atoms with Crippen molar-refractivity contribution in [1.82, 2.24) is 0 Å². The molecule has 4 atom stereocenters. The Morgan fingerprint density at radius 1 is 0.933 bits per heavy atom. The SMILES string of the molecule is CCCCCCCC(=O)CC[C@@H]1[C@@H](C/C=C\CCCC(=O)OC(C)C)[C@@H](O)C[C@H]1O. The van der Waals surface area contributed by atoms with E-state index < -0.39 is 12.2 Å². The molecule has 0 aromatic rings. The van der Waals surface area contributed by atoms with Crippen molar-refractivity contribution in [1.29, 1.82) is 0 Å². The molecule has 0 aliphatic heterocycles. The van der Waals surface area contributed by atoms with Crippen molar-refractivity contribution < 1.29 is 24.5 Å². The standard InChI is InChI=1S/C25H44O5/c1-4-5-6-7-10-13-20(26)16-17-22-21(23(27)18-24(22)28)14-11-8-9-12-15-25(29)30-19(2)3/h8,11,19,21-24,27-28H,4-7,9-10,12-18H2,1-3H3/b11-8-/t21-,22-,23+,24-/m1/s1. The number of Topliss-reactive ketones (excluding diaryl/α,β-unsaturated/α-hetero) is 1. The van der Waals surface area contributed by atoms with E-state index in [2.05, 4.69) is 6.92 Å². The molecule has 1 aliphatic rings. The van der Waals surface area contributed by atoms with Crippen LogP contribution in [0.4, 0.5) is 0 Å². The number of ether oxygens (including phenoxy) is 1. The molecule has 0 heterocycles. The van der Waals surface area contributed by atoms with Crippen molar-refractivity contribution in [2.24, 2.45) is 11.8 Å². The van der Waals surface area contributed by atoms with Gasteiger partial charge in [-0.15, -0.1) is 0 Å². The largest absolute Gasteiger partial charge is 0.463 e. The molecular formula is C25H44O5. The number of ketones is 1. The van der Waals surface area contributed by atoms with Gasteiger partial charge < -0.3 is 14.9 Å². The van der Waals surface area contributed by atoms with Crippen LogP contribution in [0.5, 0.6) is 0 Å². The molecule has 0 unspecified atom stereocenters. The molecule has 0 aromatic carbocycles. The second-order valence-corrected chi connectivity index (χ2v) is 9.08. The lowest BCUT2D eigenvalue weighted by Gasteiger charge is -2.22. The molecule has 1 saturated carbocycles. The first-order chi connectivity index (χ1) is 14.3. The van der Waals surface area contributed by atoms with Crippen molar-refractivity contribution in [2.75, 3.05) is 0 Å². The molecule has 1 fully saturated rings. The van der Waals surface area contributed by atoms with Crippen LogP contribution in [0.15, 0.2) is 12.2 Å². The van der Waals surface area contributed by atoms with Gasteiger partial charge in [-0.25, -0.2) is 0 Å². The summed E-state index contributed by atoms with van der Waals surface area (Å²) >= 11 is 0. The van der Waals surface area contributed by atoms with Gasteiger partial charge in [-0.2, -0.15) is 0 Å². The van der Waals surface area contributed by atoms with Gasteiger partial charge in [0.2, 0.25) is 0 Å². The number of carbonyl (C=O) groups excluding carboxylic acids is 2. The minimum absolute atomic E-state index is 0.000453. The van der Waals surface area contributed by atoms with Crippen LogP contribution in [0.2, 0.25) is 0 Å². The van der Waals surface area contributed by atoms with E-state index >= 15 is 0 Å². The van der Waals surface area contributed by atoms with Gasteiger partial charge in [0, 0.05) is 19.3 Å². The van der Waals surface area contributed by atoms with E-state index in [1.54, 1.807) is 0 Å². The van der Waals surface area contributed by atoms with E-state index in [1.807, 2.05) is 26.0 Å². The summed E-state index contributed by atoms with van der Waals surface area (Å²) in [5.41, 5.74) is 0. The lowest BCUT2D eigenvalue weighted by molar-refractivity contribution is -0.147. The van der Waals surface area contributed by atoms with E-state index in [0.717, 1.165) is 25.7 Å². The molecule has 30 heavy (non-hydrogen) atoms. The molecule has 0 radical (unpaired) electrons. The number of unbranched alkanes of at least 4 members (excludes halogenated alkanes) is 5. The Hall–Kier alpha value is -1.20. The molecule has 174 valence electrons.